The average molecular weight is 115 g/mol. The van der Waals surface area contributed by atoms with Crippen molar-refractivity contribution in [2.45, 2.75) is 26.0 Å². The van der Waals surface area contributed by atoms with Gasteiger partial charge in [0.25, 0.3) is 0 Å². The normalized spacial score (nSPS) is 39.8. The number of hydrogen-bond acceptors (Lipinski definition) is 2. The quantitative estimate of drug-likeness (QED) is 0.505. The van der Waals surface area contributed by atoms with Gasteiger partial charge in [-0.15, -0.1) is 0 Å². The van der Waals surface area contributed by atoms with Crippen LogP contribution in [0.25, 0.3) is 0 Å². The third kappa shape index (κ3) is 1.46. The number of rotatable bonds is 0. The van der Waals surface area contributed by atoms with Gasteiger partial charge in [0.05, 0.1) is 0 Å². The summed E-state index contributed by atoms with van der Waals surface area (Å²) < 4.78 is 5.13. The lowest BCUT2D eigenvalue weighted by molar-refractivity contribution is -0.000575. The number of ether oxygens (including phenoxy) is 1. The highest BCUT2D eigenvalue weighted by atomic mass is 16.5. The van der Waals surface area contributed by atoms with Crippen LogP contribution >= 0.6 is 0 Å². The van der Waals surface area contributed by atoms with Gasteiger partial charge >= 0.3 is 0 Å². The van der Waals surface area contributed by atoms with Gasteiger partial charge in [0, 0.05) is 6.61 Å². The van der Waals surface area contributed by atoms with Crippen LogP contribution in [-0.2, 0) is 4.74 Å². The summed E-state index contributed by atoms with van der Waals surface area (Å²) in [5.41, 5.74) is 5.50. The first-order chi connectivity index (χ1) is 3.79. The van der Waals surface area contributed by atoms with Crippen LogP contribution in [0.4, 0.5) is 0 Å². The molecule has 1 saturated heterocycles. The van der Waals surface area contributed by atoms with Gasteiger partial charge in [0.15, 0.2) is 0 Å². The minimum atomic E-state index is 0.0127. The van der Waals surface area contributed by atoms with Crippen LogP contribution in [0.5, 0.6) is 0 Å². The molecule has 48 valence electrons. The molecule has 1 aliphatic rings. The van der Waals surface area contributed by atoms with Crippen molar-refractivity contribution in [1.82, 2.24) is 0 Å². The Hall–Kier alpha value is -0.0800. The molecular formula is C6H13NO. The second kappa shape index (κ2) is 2.46. The van der Waals surface area contributed by atoms with Crippen LogP contribution in [-0.4, -0.2) is 12.8 Å². The predicted octanol–water partition coefficient (Wildman–Crippen LogP) is 0.718. The first-order valence-corrected chi connectivity index (χ1v) is 3.16. The third-order valence-corrected chi connectivity index (χ3v) is 1.58. The number of hydrogen-bond donors (Lipinski definition) is 1. The van der Waals surface area contributed by atoms with E-state index in [0.29, 0.717) is 0 Å². The van der Waals surface area contributed by atoms with E-state index in [1.807, 2.05) is 0 Å². The summed E-state index contributed by atoms with van der Waals surface area (Å²) in [5, 5.41) is 0. The first kappa shape index (κ1) is 6.05. The first-order valence-electron chi connectivity index (χ1n) is 3.16. The standard InChI is InChI=1S/C6H13NO/c1-5-2-3-8-6(7)4-5/h5-6H,2-4,7H2,1H3. The molecule has 2 N–H and O–H groups in total. The summed E-state index contributed by atoms with van der Waals surface area (Å²) in [5.74, 6) is 0.763. The van der Waals surface area contributed by atoms with Gasteiger partial charge in [-0.2, -0.15) is 0 Å². The fourth-order valence-electron chi connectivity index (χ4n) is 1.00. The zero-order chi connectivity index (χ0) is 5.98. The van der Waals surface area contributed by atoms with E-state index < -0.39 is 0 Å². The van der Waals surface area contributed by atoms with Gasteiger partial charge in [0.2, 0.25) is 0 Å². The molecule has 0 radical (unpaired) electrons. The van der Waals surface area contributed by atoms with Gasteiger partial charge in [-0.3, -0.25) is 0 Å². The molecule has 0 aliphatic carbocycles. The maximum absolute atomic E-state index is 5.50. The van der Waals surface area contributed by atoms with Crippen LogP contribution in [0.15, 0.2) is 0 Å². The fraction of sp³-hybridized carbons (Fsp3) is 1.00. The summed E-state index contributed by atoms with van der Waals surface area (Å²) in [6.45, 7) is 3.06. The lowest BCUT2D eigenvalue weighted by Gasteiger charge is -2.23. The van der Waals surface area contributed by atoms with Crippen LogP contribution in [0.2, 0.25) is 0 Å². The van der Waals surface area contributed by atoms with E-state index in [0.717, 1.165) is 18.9 Å². The second-order valence-electron chi connectivity index (χ2n) is 2.54. The second-order valence-corrected chi connectivity index (χ2v) is 2.54. The molecular weight excluding hydrogens is 102 g/mol. The molecule has 0 aromatic carbocycles. The molecule has 8 heavy (non-hydrogen) atoms. The molecule has 0 aromatic heterocycles. The van der Waals surface area contributed by atoms with Crippen molar-refractivity contribution in [2.75, 3.05) is 6.61 Å². The molecule has 2 nitrogen and oxygen atoms in total. The molecule has 0 amide bonds. The van der Waals surface area contributed by atoms with Crippen LogP contribution < -0.4 is 5.73 Å². The Kier molecular flexibility index (Phi) is 1.86. The Labute approximate surface area is 50.0 Å². The minimum Gasteiger partial charge on any atom is -0.364 e. The highest BCUT2D eigenvalue weighted by Gasteiger charge is 2.14. The zero-order valence-electron chi connectivity index (χ0n) is 5.26. The van der Waals surface area contributed by atoms with Crippen molar-refractivity contribution in [3.63, 3.8) is 0 Å². The molecule has 2 heteroatoms. The summed E-state index contributed by atoms with van der Waals surface area (Å²) in [7, 11) is 0. The lowest BCUT2D eigenvalue weighted by atomic mass is 10.0. The molecule has 0 saturated carbocycles. The van der Waals surface area contributed by atoms with Crippen molar-refractivity contribution < 1.29 is 4.74 Å². The number of nitrogens with two attached hydrogens (primary N) is 1. The highest BCUT2D eigenvalue weighted by molar-refractivity contribution is 4.62. The molecule has 1 aliphatic heterocycles. The van der Waals surface area contributed by atoms with E-state index in [9.17, 15) is 0 Å². The predicted molar refractivity (Wildman–Crippen MR) is 32.3 cm³/mol. The molecule has 2 unspecified atom stereocenters. The molecule has 1 heterocycles. The maximum Gasteiger partial charge on any atom is 0.105 e. The Morgan fingerprint density at radius 1 is 1.62 bits per heavy atom. The summed E-state index contributed by atoms with van der Waals surface area (Å²) >= 11 is 0. The maximum atomic E-state index is 5.50. The van der Waals surface area contributed by atoms with Crippen molar-refractivity contribution in [3.8, 4) is 0 Å². The van der Waals surface area contributed by atoms with E-state index in [1.165, 1.54) is 6.42 Å². The van der Waals surface area contributed by atoms with Gasteiger partial charge < -0.3 is 10.5 Å². The minimum absolute atomic E-state index is 0.0127. The van der Waals surface area contributed by atoms with Crippen LogP contribution in [0, 0.1) is 5.92 Å². The van der Waals surface area contributed by atoms with Crippen molar-refractivity contribution >= 4 is 0 Å². The van der Waals surface area contributed by atoms with E-state index in [2.05, 4.69) is 6.92 Å². The molecule has 0 aromatic rings. The van der Waals surface area contributed by atoms with Crippen LogP contribution in [0.3, 0.4) is 0 Å². The van der Waals surface area contributed by atoms with Crippen LogP contribution in [0.1, 0.15) is 19.8 Å². The van der Waals surface area contributed by atoms with Gasteiger partial charge in [0.1, 0.15) is 6.23 Å². The Bertz CT molecular complexity index is 66.9. The fourth-order valence-corrected chi connectivity index (χ4v) is 1.00. The average Bonchev–Trinajstić information content (AvgIpc) is 1.64. The molecule has 0 spiro atoms. The van der Waals surface area contributed by atoms with E-state index in [-0.39, 0.29) is 6.23 Å². The monoisotopic (exact) mass is 115 g/mol. The topological polar surface area (TPSA) is 35.2 Å². The lowest BCUT2D eigenvalue weighted by Crippen LogP contribution is -2.31. The van der Waals surface area contributed by atoms with Gasteiger partial charge in [-0.05, 0) is 18.8 Å². The highest BCUT2D eigenvalue weighted by Crippen LogP contribution is 2.15. The Morgan fingerprint density at radius 3 is 2.75 bits per heavy atom. The van der Waals surface area contributed by atoms with Crippen molar-refractivity contribution in [1.29, 1.82) is 0 Å². The molecule has 1 fully saturated rings. The van der Waals surface area contributed by atoms with E-state index >= 15 is 0 Å². The van der Waals surface area contributed by atoms with Gasteiger partial charge in [-0.1, -0.05) is 6.92 Å². The Balaban J connectivity index is 2.23. The molecule has 1 rings (SSSR count). The van der Waals surface area contributed by atoms with E-state index in [4.69, 9.17) is 10.5 Å². The van der Waals surface area contributed by atoms with Crippen molar-refractivity contribution in [2.24, 2.45) is 11.7 Å². The smallest absolute Gasteiger partial charge is 0.105 e. The SMILES string of the molecule is CC1CCOC(N)C1. The van der Waals surface area contributed by atoms with Crippen molar-refractivity contribution in [3.05, 3.63) is 0 Å². The summed E-state index contributed by atoms with van der Waals surface area (Å²) in [4.78, 5) is 0. The zero-order valence-corrected chi connectivity index (χ0v) is 5.26. The summed E-state index contributed by atoms with van der Waals surface area (Å²) in [6.07, 6.45) is 2.21. The summed E-state index contributed by atoms with van der Waals surface area (Å²) in [6, 6.07) is 0. The largest absolute Gasteiger partial charge is 0.364 e. The van der Waals surface area contributed by atoms with E-state index in [1.54, 1.807) is 0 Å². The van der Waals surface area contributed by atoms with Gasteiger partial charge in [-0.25, -0.2) is 0 Å². The molecule has 0 bridgehead atoms. The molecule has 2 atom stereocenters. The third-order valence-electron chi connectivity index (χ3n) is 1.58. The Morgan fingerprint density at radius 2 is 2.38 bits per heavy atom.